The van der Waals surface area contributed by atoms with Gasteiger partial charge in [-0.3, -0.25) is 14.9 Å². The number of hydrogen-bond acceptors (Lipinski definition) is 9. The quantitative estimate of drug-likeness (QED) is 0.132. The molecule has 54 heavy (non-hydrogen) atoms. The molecule has 10 nitrogen and oxygen atoms in total. The average Bonchev–Trinajstić information content (AvgIpc) is 3.56. The summed E-state index contributed by atoms with van der Waals surface area (Å²) in [7, 11) is 0. The van der Waals surface area contributed by atoms with Crippen molar-refractivity contribution < 1.29 is 29.0 Å². The van der Waals surface area contributed by atoms with Gasteiger partial charge in [0.15, 0.2) is 10.8 Å². The van der Waals surface area contributed by atoms with Gasteiger partial charge in [-0.05, 0) is 111 Å². The van der Waals surface area contributed by atoms with Gasteiger partial charge in [0, 0.05) is 30.6 Å². The van der Waals surface area contributed by atoms with E-state index < -0.39 is 17.5 Å². The molecular formula is C43H40N4O6S. The van der Waals surface area contributed by atoms with Crippen LogP contribution in [0.3, 0.4) is 0 Å². The number of thiazole rings is 1. The summed E-state index contributed by atoms with van der Waals surface area (Å²) in [5, 5.41) is 12.8. The standard InChI is InChI=1S/C43H40N4O6S/c1-26-29(13-10-17-34(26)52-35-16-7-5-11-28(35)19-22-38(48)49)30-20-21-37(45-39(30)41(51)53-43(2,3)4)47-24-23-27-12-9-14-31(32(27)25-47)40(50)46-42-44-33-15-6-8-18-36(33)54-42/h5-18,20-21H,19,22-25H2,1-4H3,(H,48,49)(H,44,46,50). The fraction of sp³-hybridized carbons (Fsp3) is 0.233. The number of rotatable bonds is 10. The average molecular weight is 741 g/mol. The Hall–Kier alpha value is -6.07. The number of fused-ring (bicyclic) bond motifs is 2. The van der Waals surface area contributed by atoms with Crippen molar-refractivity contribution in [2.45, 2.75) is 59.1 Å². The summed E-state index contributed by atoms with van der Waals surface area (Å²) < 4.78 is 13.3. The first-order valence-electron chi connectivity index (χ1n) is 17.8. The maximum Gasteiger partial charge on any atom is 0.358 e. The molecule has 2 N–H and O–H groups in total. The van der Waals surface area contributed by atoms with Gasteiger partial charge in [0.25, 0.3) is 5.91 Å². The van der Waals surface area contributed by atoms with Crippen molar-refractivity contribution in [2.75, 3.05) is 16.8 Å². The number of amides is 1. The first-order valence-corrected chi connectivity index (χ1v) is 18.6. The number of esters is 1. The minimum absolute atomic E-state index is 0.0159. The normalized spacial score (nSPS) is 12.6. The molecule has 0 fully saturated rings. The van der Waals surface area contributed by atoms with Crippen LogP contribution in [0.5, 0.6) is 11.5 Å². The smallest absolute Gasteiger partial charge is 0.358 e. The molecular weight excluding hydrogens is 701 g/mol. The topological polar surface area (TPSA) is 131 Å². The van der Waals surface area contributed by atoms with E-state index in [9.17, 15) is 19.5 Å². The van der Waals surface area contributed by atoms with Crippen LogP contribution in [0.1, 0.15) is 70.3 Å². The van der Waals surface area contributed by atoms with E-state index in [1.807, 2.05) is 125 Å². The number of anilines is 2. The van der Waals surface area contributed by atoms with Gasteiger partial charge in [-0.2, -0.15) is 0 Å². The van der Waals surface area contributed by atoms with Crippen LogP contribution in [0.25, 0.3) is 21.3 Å². The van der Waals surface area contributed by atoms with Crippen LogP contribution >= 0.6 is 11.3 Å². The number of aryl methyl sites for hydroxylation is 1. The molecule has 0 bridgehead atoms. The van der Waals surface area contributed by atoms with Crippen molar-refractivity contribution in [2.24, 2.45) is 0 Å². The van der Waals surface area contributed by atoms with Crippen LogP contribution in [0.15, 0.2) is 97.1 Å². The molecule has 3 heterocycles. The van der Waals surface area contributed by atoms with E-state index in [1.54, 1.807) is 0 Å². The summed E-state index contributed by atoms with van der Waals surface area (Å²) >= 11 is 1.43. The third kappa shape index (κ3) is 7.96. The molecule has 4 aromatic carbocycles. The highest BCUT2D eigenvalue weighted by atomic mass is 32.1. The number of hydrogen-bond donors (Lipinski definition) is 2. The van der Waals surface area contributed by atoms with Crippen LogP contribution in [-0.4, -0.2) is 45.1 Å². The lowest BCUT2D eigenvalue weighted by atomic mass is 9.94. The molecule has 1 aliphatic heterocycles. The number of nitrogens with one attached hydrogen (secondary N) is 1. The zero-order valence-corrected chi connectivity index (χ0v) is 31.3. The lowest BCUT2D eigenvalue weighted by Gasteiger charge is -2.31. The van der Waals surface area contributed by atoms with E-state index >= 15 is 0 Å². The number of aliphatic carboxylic acids is 1. The summed E-state index contributed by atoms with van der Waals surface area (Å²) in [6, 6.07) is 30.3. The van der Waals surface area contributed by atoms with Crippen molar-refractivity contribution in [1.29, 1.82) is 0 Å². The summed E-state index contributed by atoms with van der Waals surface area (Å²) in [6.07, 6.45) is 1.00. The van der Waals surface area contributed by atoms with E-state index in [2.05, 4.69) is 15.2 Å². The number of para-hydroxylation sites is 2. The number of pyridine rings is 1. The number of carboxylic acid groups (broad SMARTS) is 1. The Labute approximate surface area is 317 Å². The lowest BCUT2D eigenvalue weighted by molar-refractivity contribution is -0.136. The van der Waals surface area contributed by atoms with Crippen LogP contribution in [0, 0.1) is 6.92 Å². The molecule has 0 spiro atoms. The second-order valence-corrected chi connectivity index (χ2v) is 15.2. The summed E-state index contributed by atoms with van der Waals surface area (Å²) in [5.74, 6) is 0.0556. The second-order valence-electron chi connectivity index (χ2n) is 14.2. The minimum Gasteiger partial charge on any atom is -0.481 e. The molecule has 0 saturated heterocycles. The van der Waals surface area contributed by atoms with E-state index in [0.717, 1.165) is 38.0 Å². The number of aromatic nitrogens is 2. The highest BCUT2D eigenvalue weighted by Crippen LogP contribution is 2.37. The summed E-state index contributed by atoms with van der Waals surface area (Å²) in [6.45, 7) is 8.43. The maximum absolute atomic E-state index is 13.9. The molecule has 6 aromatic rings. The zero-order chi connectivity index (χ0) is 38.0. The molecule has 0 unspecified atom stereocenters. The van der Waals surface area contributed by atoms with Crippen molar-refractivity contribution in [3.05, 3.63) is 131 Å². The fourth-order valence-electron chi connectivity index (χ4n) is 6.59. The largest absolute Gasteiger partial charge is 0.481 e. The van der Waals surface area contributed by atoms with E-state index in [0.29, 0.717) is 59.5 Å². The summed E-state index contributed by atoms with van der Waals surface area (Å²) in [4.78, 5) is 50.4. The zero-order valence-electron chi connectivity index (χ0n) is 30.5. The molecule has 0 aliphatic carbocycles. The third-order valence-electron chi connectivity index (χ3n) is 9.20. The van der Waals surface area contributed by atoms with E-state index in [-0.39, 0.29) is 18.0 Å². The predicted molar refractivity (Wildman–Crippen MR) is 211 cm³/mol. The molecule has 1 aliphatic rings. The molecule has 2 aromatic heterocycles. The Morgan fingerprint density at radius 1 is 0.870 bits per heavy atom. The van der Waals surface area contributed by atoms with Gasteiger partial charge < -0.3 is 19.5 Å². The molecule has 11 heteroatoms. The van der Waals surface area contributed by atoms with E-state index in [1.165, 1.54) is 11.3 Å². The Morgan fingerprint density at radius 3 is 2.43 bits per heavy atom. The van der Waals surface area contributed by atoms with Crippen molar-refractivity contribution in [3.63, 3.8) is 0 Å². The van der Waals surface area contributed by atoms with Crippen molar-refractivity contribution in [1.82, 2.24) is 9.97 Å². The first-order chi connectivity index (χ1) is 25.9. The fourth-order valence-corrected chi connectivity index (χ4v) is 7.45. The summed E-state index contributed by atoms with van der Waals surface area (Å²) in [5.41, 5.74) is 5.68. The van der Waals surface area contributed by atoms with Gasteiger partial charge in [-0.1, -0.05) is 65.9 Å². The van der Waals surface area contributed by atoms with Crippen LogP contribution in [0.2, 0.25) is 0 Å². The second kappa shape index (κ2) is 15.1. The number of nitrogens with zero attached hydrogens (tertiary/aromatic N) is 3. The Kier molecular flexibility index (Phi) is 10.2. The molecule has 7 rings (SSSR count). The monoisotopic (exact) mass is 740 g/mol. The number of carbonyl (C=O) groups is 3. The number of carbonyl (C=O) groups excluding carboxylic acids is 2. The van der Waals surface area contributed by atoms with Gasteiger partial charge in [-0.25, -0.2) is 14.8 Å². The predicted octanol–water partition coefficient (Wildman–Crippen LogP) is 9.25. The van der Waals surface area contributed by atoms with Crippen molar-refractivity contribution >= 4 is 50.3 Å². The van der Waals surface area contributed by atoms with Crippen molar-refractivity contribution in [3.8, 4) is 22.6 Å². The number of ether oxygens (including phenoxy) is 2. The molecule has 0 saturated carbocycles. The Balaban J connectivity index is 1.20. The highest BCUT2D eigenvalue weighted by Gasteiger charge is 2.28. The number of carboxylic acids is 1. The molecule has 0 atom stereocenters. The molecule has 1 amide bonds. The van der Waals surface area contributed by atoms with Crippen LogP contribution in [0.4, 0.5) is 10.9 Å². The third-order valence-corrected chi connectivity index (χ3v) is 10.2. The Morgan fingerprint density at radius 2 is 1.63 bits per heavy atom. The van der Waals surface area contributed by atoms with E-state index in [4.69, 9.17) is 14.5 Å². The molecule has 274 valence electrons. The lowest BCUT2D eigenvalue weighted by Crippen LogP contribution is -2.33. The van der Waals surface area contributed by atoms with Gasteiger partial charge in [0.1, 0.15) is 22.9 Å². The van der Waals surface area contributed by atoms with Gasteiger partial charge >= 0.3 is 11.9 Å². The first kappa shape index (κ1) is 36.3. The Bertz CT molecular complexity index is 2370. The minimum atomic E-state index is -0.881. The highest BCUT2D eigenvalue weighted by molar-refractivity contribution is 7.22. The SMILES string of the molecule is Cc1c(Oc2ccccc2CCC(=O)O)cccc1-c1ccc(N2CCc3cccc(C(=O)Nc4nc5ccccc5s4)c3C2)nc1C(=O)OC(C)(C)C. The number of benzene rings is 4. The van der Waals surface area contributed by atoms with Gasteiger partial charge in [0.05, 0.1) is 10.2 Å². The maximum atomic E-state index is 13.9. The van der Waals surface area contributed by atoms with Crippen LogP contribution < -0.4 is 15.0 Å². The van der Waals surface area contributed by atoms with Crippen LogP contribution in [-0.2, 0) is 28.9 Å². The van der Waals surface area contributed by atoms with Gasteiger partial charge in [0.2, 0.25) is 0 Å². The van der Waals surface area contributed by atoms with Gasteiger partial charge in [-0.15, -0.1) is 0 Å². The molecule has 0 radical (unpaired) electrons.